The van der Waals surface area contributed by atoms with Crippen molar-refractivity contribution in [3.8, 4) is 0 Å². The molecule has 0 fully saturated rings. The number of allylic oxidation sites excluding steroid dienone is 1. The van der Waals surface area contributed by atoms with Crippen LogP contribution in [0, 0.1) is 5.92 Å². The fourth-order valence-corrected chi connectivity index (χ4v) is 1.93. The average molecular weight is 275 g/mol. The van der Waals surface area contributed by atoms with E-state index in [1.54, 1.807) is 12.2 Å². The van der Waals surface area contributed by atoms with Gasteiger partial charge in [0.2, 0.25) is 0 Å². The lowest BCUT2D eigenvalue weighted by Crippen LogP contribution is -2.18. The molecule has 1 atom stereocenters. The molecule has 0 bridgehead atoms. The van der Waals surface area contributed by atoms with Crippen LogP contribution in [0.2, 0.25) is 0 Å². The molecule has 0 saturated heterocycles. The van der Waals surface area contributed by atoms with Crippen LogP contribution in [0.3, 0.4) is 0 Å². The van der Waals surface area contributed by atoms with Crippen LogP contribution in [0.1, 0.15) is 6.42 Å². The van der Waals surface area contributed by atoms with Gasteiger partial charge < -0.3 is 9.47 Å². The molecule has 1 unspecified atom stereocenters. The lowest BCUT2D eigenvalue weighted by Gasteiger charge is -2.15. The number of methoxy groups -OCH3 is 2. The fourth-order valence-electron chi connectivity index (χ4n) is 1.28. The quantitative estimate of drug-likeness (QED) is 0.717. The van der Waals surface area contributed by atoms with Crippen molar-refractivity contribution < 1.29 is 19.1 Å². The van der Waals surface area contributed by atoms with Gasteiger partial charge in [-0.05, 0) is 6.42 Å². The molecule has 1 rings (SSSR count). The summed E-state index contributed by atoms with van der Waals surface area (Å²) in [4.78, 5) is 22.5. The molecule has 15 heavy (non-hydrogen) atoms. The monoisotopic (exact) mass is 274 g/mol. The van der Waals surface area contributed by atoms with E-state index in [0.717, 1.165) is 0 Å². The number of hydrogen-bond donors (Lipinski definition) is 0. The molecular weight excluding hydrogens is 264 g/mol. The standard InChI is InChI=1S/C10H11BrO4/c1-14-9(12)6-3-4-7(8(11)5-6)10(13)15-2/h4-6H,3H2,1-2H3. The lowest BCUT2D eigenvalue weighted by atomic mass is 9.97. The molecule has 0 N–H and O–H groups in total. The van der Waals surface area contributed by atoms with E-state index in [1.165, 1.54) is 14.2 Å². The van der Waals surface area contributed by atoms with Crippen LogP contribution in [-0.2, 0) is 19.1 Å². The van der Waals surface area contributed by atoms with Crippen molar-refractivity contribution in [1.29, 1.82) is 0 Å². The Kier molecular flexibility index (Phi) is 4.08. The third kappa shape index (κ3) is 2.68. The summed E-state index contributed by atoms with van der Waals surface area (Å²) in [6, 6.07) is 0. The molecule has 5 heteroatoms. The molecule has 0 heterocycles. The summed E-state index contributed by atoms with van der Waals surface area (Å²) in [6.45, 7) is 0. The van der Waals surface area contributed by atoms with Gasteiger partial charge in [-0.15, -0.1) is 0 Å². The molecule has 4 nitrogen and oxygen atoms in total. The first-order valence-electron chi connectivity index (χ1n) is 4.34. The van der Waals surface area contributed by atoms with Crippen molar-refractivity contribution in [1.82, 2.24) is 0 Å². The number of ether oxygens (including phenoxy) is 2. The summed E-state index contributed by atoms with van der Waals surface area (Å²) in [5.74, 6) is -1.06. The van der Waals surface area contributed by atoms with E-state index in [0.29, 0.717) is 16.5 Å². The van der Waals surface area contributed by atoms with Gasteiger partial charge in [-0.2, -0.15) is 0 Å². The highest BCUT2D eigenvalue weighted by molar-refractivity contribution is 9.12. The lowest BCUT2D eigenvalue weighted by molar-refractivity contribution is -0.144. The molecule has 0 aromatic heterocycles. The first kappa shape index (κ1) is 12.0. The maximum Gasteiger partial charge on any atom is 0.338 e. The highest BCUT2D eigenvalue weighted by Gasteiger charge is 2.24. The first-order valence-corrected chi connectivity index (χ1v) is 5.13. The normalized spacial score (nSPS) is 20.1. The minimum absolute atomic E-state index is 0.313. The minimum Gasteiger partial charge on any atom is -0.469 e. The molecule has 0 aromatic carbocycles. The van der Waals surface area contributed by atoms with Crippen LogP contribution in [0.15, 0.2) is 22.2 Å². The van der Waals surface area contributed by atoms with Crippen LogP contribution in [-0.4, -0.2) is 26.2 Å². The van der Waals surface area contributed by atoms with E-state index < -0.39 is 5.97 Å². The summed E-state index contributed by atoms with van der Waals surface area (Å²) in [5.41, 5.74) is 0.442. The maximum atomic E-state index is 11.2. The fraction of sp³-hybridized carbons (Fsp3) is 0.400. The Morgan fingerprint density at radius 2 is 2.07 bits per heavy atom. The summed E-state index contributed by atoms with van der Waals surface area (Å²) < 4.78 is 9.76. The minimum atomic E-state index is -0.415. The largest absolute Gasteiger partial charge is 0.469 e. The number of rotatable bonds is 2. The van der Waals surface area contributed by atoms with Gasteiger partial charge in [0, 0.05) is 4.48 Å². The van der Waals surface area contributed by atoms with Crippen molar-refractivity contribution in [2.24, 2.45) is 5.92 Å². The summed E-state index contributed by atoms with van der Waals surface area (Å²) in [6.07, 6.45) is 3.77. The average Bonchev–Trinajstić information content (AvgIpc) is 2.26. The van der Waals surface area contributed by atoms with Crippen molar-refractivity contribution in [2.75, 3.05) is 14.2 Å². The van der Waals surface area contributed by atoms with Crippen LogP contribution in [0.25, 0.3) is 0 Å². The van der Waals surface area contributed by atoms with Gasteiger partial charge in [-0.25, -0.2) is 4.79 Å². The Balaban J connectivity index is 2.80. The Labute approximate surface area is 96.1 Å². The van der Waals surface area contributed by atoms with Gasteiger partial charge >= 0.3 is 11.9 Å². The van der Waals surface area contributed by atoms with Gasteiger partial charge in [0.25, 0.3) is 0 Å². The van der Waals surface area contributed by atoms with Crippen LogP contribution in [0.4, 0.5) is 0 Å². The predicted octanol–water partition coefficient (Wildman–Crippen LogP) is 1.56. The summed E-state index contributed by atoms with van der Waals surface area (Å²) in [5, 5.41) is 0. The third-order valence-electron chi connectivity index (χ3n) is 2.09. The number of esters is 2. The van der Waals surface area contributed by atoms with E-state index in [4.69, 9.17) is 0 Å². The molecular formula is C10H11BrO4. The second-order valence-corrected chi connectivity index (χ2v) is 3.84. The predicted molar refractivity (Wildman–Crippen MR) is 57.2 cm³/mol. The van der Waals surface area contributed by atoms with E-state index in [2.05, 4.69) is 25.4 Å². The second-order valence-electron chi connectivity index (χ2n) is 2.99. The Hall–Kier alpha value is -1.10. The van der Waals surface area contributed by atoms with Crippen molar-refractivity contribution in [3.05, 3.63) is 22.2 Å². The number of halogens is 1. The zero-order valence-corrected chi connectivity index (χ0v) is 10.0. The van der Waals surface area contributed by atoms with Crippen LogP contribution < -0.4 is 0 Å². The van der Waals surface area contributed by atoms with Crippen LogP contribution in [0.5, 0.6) is 0 Å². The van der Waals surface area contributed by atoms with Crippen molar-refractivity contribution >= 4 is 27.9 Å². The Morgan fingerprint density at radius 3 is 2.53 bits per heavy atom. The number of carbonyl (C=O) groups is 2. The second kappa shape index (κ2) is 5.11. The molecule has 1 aliphatic rings. The van der Waals surface area contributed by atoms with E-state index in [-0.39, 0.29) is 11.9 Å². The SMILES string of the molecule is COC(=O)C1=CCC(C(=O)OC)C=C1Br. The zero-order valence-electron chi connectivity index (χ0n) is 8.45. The first-order chi connectivity index (χ1) is 7.10. The van der Waals surface area contributed by atoms with E-state index in [1.807, 2.05) is 0 Å². The summed E-state index contributed by atoms with van der Waals surface area (Å²) >= 11 is 3.22. The highest BCUT2D eigenvalue weighted by Crippen LogP contribution is 2.28. The van der Waals surface area contributed by atoms with Crippen molar-refractivity contribution in [2.45, 2.75) is 6.42 Å². The third-order valence-corrected chi connectivity index (χ3v) is 2.78. The summed E-state index contributed by atoms with van der Waals surface area (Å²) in [7, 11) is 2.65. The molecule has 1 aliphatic carbocycles. The highest BCUT2D eigenvalue weighted by atomic mass is 79.9. The van der Waals surface area contributed by atoms with E-state index >= 15 is 0 Å². The molecule has 0 saturated carbocycles. The zero-order chi connectivity index (χ0) is 11.4. The molecule has 0 radical (unpaired) electrons. The molecule has 82 valence electrons. The van der Waals surface area contributed by atoms with Gasteiger partial charge in [-0.3, -0.25) is 4.79 Å². The van der Waals surface area contributed by atoms with Gasteiger partial charge in [0.15, 0.2) is 0 Å². The Bertz CT molecular complexity index is 343. The Morgan fingerprint density at radius 1 is 1.40 bits per heavy atom. The van der Waals surface area contributed by atoms with Gasteiger partial charge in [0.1, 0.15) is 0 Å². The smallest absolute Gasteiger partial charge is 0.338 e. The topological polar surface area (TPSA) is 52.6 Å². The molecule has 0 aromatic rings. The van der Waals surface area contributed by atoms with E-state index in [9.17, 15) is 9.59 Å². The maximum absolute atomic E-state index is 11.2. The van der Waals surface area contributed by atoms with Crippen LogP contribution >= 0.6 is 15.9 Å². The number of hydrogen-bond acceptors (Lipinski definition) is 4. The molecule has 0 aliphatic heterocycles. The van der Waals surface area contributed by atoms with Gasteiger partial charge in [0.05, 0.1) is 25.7 Å². The van der Waals surface area contributed by atoms with Gasteiger partial charge in [-0.1, -0.05) is 28.1 Å². The van der Waals surface area contributed by atoms with Crippen molar-refractivity contribution in [3.63, 3.8) is 0 Å². The molecule has 0 amide bonds. The molecule has 0 spiro atoms. The number of carbonyl (C=O) groups excluding carboxylic acids is 2.